The van der Waals surface area contributed by atoms with Crippen molar-refractivity contribution in [1.82, 2.24) is 5.32 Å². The second-order valence-electron chi connectivity index (χ2n) is 6.06. The zero-order chi connectivity index (χ0) is 19.7. The Balaban J connectivity index is 2.11. The van der Waals surface area contributed by atoms with Crippen molar-refractivity contribution in [2.24, 2.45) is 0 Å². The van der Waals surface area contributed by atoms with E-state index in [1.165, 1.54) is 18.1 Å². The van der Waals surface area contributed by atoms with E-state index in [1.807, 2.05) is 26.0 Å². The third-order valence-corrected chi connectivity index (χ3v) is 4.93. The van der Waals surface area contributed by atoms with Gasteiger partial charge >= 0.3 is 0 Å². The van der Waals surface area contributed by atoms with E-state index in [0.717, 1.165) is 11.1 Å². The van der Waals surface area contributed by atoms with Crippen molar-refractivity contribution in [3.8, 4) is 5.75 Å². The van der Waals surface area contributed by atoms with Crippen molar-refractivity contribution in [3.05, 3.63) is 63.7 Å². The van der Waals surface area contributed by atoms with Crippen LogP contribution < -0.4 is 15.0 Å². The van der Waals surface area contributed by atoms with Crippen LogP contribution >= 0.6 is 23.8 Å². The van der Waals surface area contributed by atoms with Gasteiger partial charge in [0.05, 0.1) is 12.8 Å². The summed E-state index contributed by atoms with van der Waals surface area (Å²) in [4.78, 5) is 26.9. The predicted molar refractivity (Wildman–Crippen MR) is 110 cm³/mol. The summed E-state index contributed by atoms with van der Waals surface area (Å²) in [5.41, 5.74) is 3.03. The molecule has 0 bridgehead atoms. The van der Waals surface area contributed by atoms with Gasteiger partial charge in [-0.1, -0.05) is 23.7 Å². The Kier molecular flexibility index (Phi) is 5.30. The number of aryl methyl sites for hydroxylation is 1. The average Bonchev–Trinajstić information content (AvgIpc) is 2.62. The van der Waals surface area contributed by atoms with Crippen molar-refractivity contribution in [2.75, 3.05) is 12.0 Å². The monoisotopic (exact) mass is 400 g/mol. The van der Waals surface area contributed by atoms with Crippen LogP contribution in [0.3, 0.4) is 0 Å². The molecule has 0 atom stereocenters. The second kappa shape index (κ2) is 7.50. The van der Waals surface area contributed by atoms with Crippen LogP contribution in [0.15, 0.2) is 42.0 Å². The standard InChI is InChI=1S/C20H17ClN2O3S/c1-11-5-4-6-16(12(11)2)23-19(25)15(18(24)22-20(23)27)10-13-9-14(21)7-8-17(13)26-3/h4-10H,1-3H3,(H,22,24,27)/b15-10+. The van der Waals surface area contributed by atoms with Gasteiger partial charge in [0.25, 0.3) is 11.8 Å². The van der Waals surface area contributed by atoms with Crippen molar-refractivity contribution < 1.29 is 14.3 Å². The van der Waals surface area contributed by atoms with Crippen LogP contribution in [0, 0.1) is 13.8 Å². The molecule has 27 heavy (non-hydrogen) atoms. The van der Waals surface area contributed by atoms with Gasteiger partial charge in [0.2, 0.25) is 0 Å². The van der Waals surface area contributed by atoms with Gasteiger partial charge in [0.15, 0.2) is 5.11 Å². The van der Waals surface area contributed by atoms with Gasteiger partial charge in [-0.25, -0.2) is 0 Å². The maximum atomic E-state index is 13.1. The Morgan fingerprint density at radius 1 is 1.19 bits per heavy atom. The molecule has 2 amide bonds. The number of hydrogen-bond acceptors (Lipinski definition) is 4. The smallest absolute Gasteiger partial charge is 0.270 e. The minimum atomic E-state index is -0.561. The molecule has 0 aliphatic carbocycles. The van der Waals surface area contributed by atoms with Crippen molar-refractivity contribution >= 4 is 52.5 Å². The molecule has 1 heterocycles. The van der Waals surface area contributed by atoms with Gasteiger partial charge in [0, 0.05) is 10.6 Å². The molecule has 138 valence electrons. The van der Waals surface area contributed by atoms with Crippen LogP contribution in [0.2, 0.25) is 5.02 Å². The van der Waals surface area contributed by atoms with Crippen molar-refractivity contribution in [1.29, 1.82) is 0 Å². The van der Waals surface area contributed by atoms with E-state index in [0.29, 0.717) is 22.0 Å². The number of halogens is 1. The zero-order valence-electron chi connectivity index (χ0n) is 15.0. The van der Waals surface area contributed by atoms with E-state index in [1.54, 1.807) is 24.3 Å². The minimum Gasteiger partial charge on any atom is -0.496 e. The number of nitrogens with one attached hydrogen (secondary N) is 1. The first-order valence-electron chi connectivity index (χ1n) is 8.14. The van der Waals surface area contributed by atoms with E-state index in [9.17, 15) is 9.59 Å². The lowest BCUT2D eigenvalue weighted by Crippen LogP contribution is -2.54. The normalized spacial score (nSPS) is 15.9. The fourth-order valence-electron chi connectivity index (χ4n) is 2.83. The quantitative estimate of drug-likeness (QED) is 0.483. The number of carbonyl (C=O) groups excluding carboxylic acids is 2. The third kappa shape index (κ3) is 3.59. The molecular weight excluding hydrogens is 384 g/mol. The molecule has 3 rings (SSSR count). The molecule has 1 fully saturated rings. The molecule has 1 aliphatic rings. The molecular formula is C20H17ClN2O3S. The molecule has 2 aromatic rings. The summed E-state index contributed by atoms with van der Waals surface area (Å²) in [6.07, 6.45) is 1.46. The fraction of sp³-hybridized carbons (Fsp3) is 0.150. The first kappa shape index (κ1) is 19.1. The van der Waals surface area contributed by atoms with Gasteiger partial charge in [-0.2, -0.15) is 0 Å². The van der Waals surface area contributed by atoms with Crippen LogP contribution in [-0.2, 0) is 9.59 Å². The number of carbonyl (C=O) groups is 2. The largest absolute Gasteiger partial charge is 0.496 e. The second-order valence-corrected chi connectivity index (χ2v) is 6.89. The van der Waals surface area contributed by atoms with Crippen LogP contribution in [0.5, 0.6) is 5.75 Å². The van der Waals surface area contributed by atoms with Crippen LogP contribution in [0.25, 0.3) is 6.08 Å². The highest BCUT2D eigenvalue weighted by atomic mass is 35.5. The van der Waals surface area contributed by atoms with Gasteiger partial charge in [-0.3, -0.25) is 19.8 Å². The van der Waals surface area contributed by atoms with Gasteiger partial charge in [-0.15, -0.1) is 0 Å². The van der Waals surface area contributed by atoms with Gasteiger partial charge < -0.3 is 4.74 Å². The minimum absolute atomic E-state index is 0.0499. The van der Waals surface area contributed by atoms with Crippen LogP contribution in [0.4, 0.5) is 5.69 Å². The summed E-state index contributed by atoms with van der Waals surface area (Å²) in [5, 5.41) is 3.10. The van der Waals surface area contributed by atoms with E-state index in [4.69, 9.17) is 28.6 Å². The van der Waals surface area contributed by atoms with Crippen molar-refractivity contribution in [3.63, 3.8) is 0 Å². The summed E-state index contributed by atoms with van der Waals surface area (Å²) in [6.45, 7) is 3.85. The molecule has 1 N–H and O–H groups in total. The number of rotatable bonds is 3. The highest BCUT2D eigenvalue weighted by molar-refractivity contribution is 7.80. The SMILES string of the molecule is COc1ccc(Cl)cc1/C=C1\C(=O)NC(=S)N(c2cccc(C)c2C)C1=O. The number of nitrogens with zero attached hydrogens (tertiary/aromatic N) is 1. The van der Waals surface area contributed by atoms with Gasteiger partial charge in [0.1, 0.15) is 11.3 Å². The van der Waals surface area contributed by atoms with E-state index >= 15 is 0 Å². The number of thiocarbonyl (C=S) groups is 1. The lowest BCUT2D eigenvalue weighted by molar-refractivity contribution is -0.122. The molecule has 5 nitrogen and oxygen atoms in total. The maximum Gasteiger partial charge on any atom is 0.270 e. The number of anilines is 1. The lowest BCUT2D eigenvalue weighted by Gasteiger charge is -2.30. The number of methoxy groups -OCH3 is 1. The molecule has 0 saturated carbocycles. The topological polar surface area (TPSA) is 58.6 Å². The highest BCUT2D eigenvalue weighted by Crippen LogP contribution is 2.29. The summed E-state index contributed by atoms with van der Waals surface area (Å²) in [7, 11) is 1.51. The third-order valence-electron chi connectivity index (χ3n) is 4.41. The van der Waals surface area contributed by atoms with Crippen LogP contribution in [-0.4, -0.2) is 24.0 Å². The lowest BCUT2D eigenvalue weighted by atomic mass is 10.0. The maximum absolute atomic E-state index is 13.1. The summed E-state index contributed by atoms with van der Waals surface area (Å²) in [5.74, 6) is -0.563. The molecule has 1 saturated heterocycles. The number of hydrogen-bond donors (Lipinski definition) is 1. The molecule has 0 aromatic heterocycles. The van der Waals surface area contributed by atoms with Crippen molar-refractivity contribution in [2.45, 2.75) is 13.8 Å². The molecule has 0 unspecified atom stereocenters. The summed E-state index contributed by atoms with van der Waals surface area (Å²) >= 11 is 11.3. The van der Waals surface area contributed by atoms with E-state index < -0.39 is 11.8 Å². The Bertz CT molecular complexity index is 1000. The first-order chi connectivity index (χ1) is 12.8. The molecule has 1 aliphatic heterocycles. The average molecular weight is 401 g/mol. The Morgan fingerprint density at radius 3 is 2.63 bits per heavy atom. The van der Waals surface area contributed by atoms with E-state index in [-0.39, 0.29) is 10.7 Å². The Hall–Kier alpha value is -2.70. The van der Waals surface area contributed by atoms with E-state index in [2.05, 4.69) is 5.32 Å². The molecule has 2 aromatic carbocycles. The predicted octanol–water partition coefficient (Wildman–Crippen LogP) is 3.80. The number of benzene rings is 2. The molecule has 7 heteroatoms. The Morgan fingerprint density at radius 2 is 1.93 bits per heavy atom. The number of ether oxygens (including phenoxy) is 1. The summed E-state index contributed by atoms with van der Waals surface area (Å²) < 4.78 is 5.29. The first-order valence-corrected chi connectivity index (χ1v) is 8.93. The molecule has 0 radical (unpaired) electrons. The molecule has 0 spiro atoms. The Labute approximate surface area is 167 Å². The van der Waals surface area contributed by atoms with Gasteiger partial charge in [-0.05, 0) is 67.5 Å². The fourth-order valence-corrected chi connectivity index (χ4v) is 3.28. The number of amides is 2. The summed E-state index contributed by atoms with van der Waals surface area (Å²) in [6, 6.07) is 10.6. The highest BCUT2D eigenvalue weighted by Gasteiger charge is 2.35. The van der Waals surface area contributed by atoms with Crippen LogP contribution in [0.1, 0.15) is 16.7 Å². The zero-order valence-corrected chi connectivity index (χ0v) is 16.6.